The number of benzene rings is 2. The molecule has 5 nitrogen and oxygen atoms in total. The third kappa shape index (κ3) is 3.46. The van der Waals surface area contributed by atoms with Gasteiger partial charge in [-0.1, -0.05) is 48.0 Å². The normalized spacial score (nSPS) is 10.4. The highest BCUT2D eigenvalue weighted by Crippen LogP contribution is 2.20. The van der Waals surface area contributed by atoms with Gasteiger partial charge in [0, 0.05) is 0 Å². The minimum atomic E-state index is -0.511. The summed E-state index contributed by atoms with van der Waals surface area (Å²) in [5.41, 5.74) is 3.06. The Morgan fingerprint density at radius 3 is 2.62 bits per heavy atom. The number of methoxy groups -OCH3 is 1. The molecule has 0 spiro atoms. The average Bonchev–Trinajstić information content (AvgIpc) is 3.05. The summed E-state index contributed by atoms with van der Waals surface area (Å²) >= 11 is 0. The zero-order valence-corrected chi connectivity index (χ0v) is 13.6. The van der Waals surface area contributed by atoms with Crippen molar-refractivity contribution in [3.8, 4) is 11.4 Å². The number of rotatable bonds is 5. The van der Waals surface area contributed by atoms with E-state index in [4.69, 9.17) is 9.47 Å². The lowest BCUT2D eigenvalue weighted by Gasteiger charge is -2.05. The van der Waals surface area contributed by atoms with Crippen LogP contribution in [0.15, 0.2) is 60.8 Å². The number of aromatic nitrogens is 2. The van der Waals surface area contributed by atoms with Gasteiger partial charge in [0.2, 0.25) is 5.69 Å². The first kappa shape index (κ1) is 15.8. The van der Waals surface area contributed by atoms with Crippen LogP contribution < -0.4 is 4.74 Å². The molecule has 0 bridgehead atoms. The van der Waals surface area contributed by atoms with Crippen LogP contribution in [0.4, 0.5) is 0 Å². The van der Waals surface area contributed by atoms with Gasteiger partial charge >= 0.3 is 5.97 Å². The van der Waals surface area contributed by atoms with E-state index in [0.717, 1.165) is 16.8 Å². The predicted molar refractivity (Wildman–Crippen MR) is 90.4 cm³/mol. The number of hydrogen-bond acceptors (Lipinski definition) is 4. The van der Waals surface area contributed by atoms with E-state index in [1.54, 1.807) is 10.9 Å². The average molecular weight is 322 g/mol. The fourth-order valence-electron chi connectivity index (χ4n) is 2.38. The summed E-state index contributed by atoms with van der Waals surface area (Å²) in [5, 5.41) is 4.30. The van der Waals surface area contributed by atoms with Crippen molar-refractivity contribution in [2.75, 3.05) is 7.11 Å². The molecule has 3 rings (SSSR count). The Hall–Kier alpha value is -3.08. The molecule has 2 aromatic carbocycles. The summed E-state index contributed by atoms with van der Waals surface area (Å²) in [6.45, 7) is 2.19. The van der Waals surface area contributed by atoms with Crippen molar-refractivity contribution in [2.45, 2.75) is 13.5 Å². The Bertz CT molecular complexity index is 841. The smallest absolute Gasteiger partial charge is 0.363 e. The summed E-state index contributed by atoms with van der Waals surface area (Å²) < 4.78 is 12.2. The molecule has 0 fully saturated rings. The molecular formula is C19H18N2O3. The first-order valence-corrected chi connectivity index (χ1v) is 7.59. The Labute approximate surface area is 140 Å². The van der Waals surface area contributed by atoms with Crippen LogP contribution in [0.3, 0.4) is 0 Å². The first-order valence-electron chi connectivity index (χ1n) is 7.59. The summed E-state index contributed by atoms with van der Waals surface area (Å²) in [6.07, 6.45) is 1.67. The van der Waals surface area contributed by atoms with Crippen LogP contribution >= 0.6 is 0 Å². The second-order valence-electron chi connectivity index (χ2n) is 5.39. The molecule has 0 aliphatic rings. The number of nitrogens with zero attached hydrogens (tertiary/aromatic N) is 2. The number of para-hydroxylation sites is 1. The fraction of sp³-hybridized carbons (Fsp3) is 0.158. The Morgan fingerprint density at radius 1 is 1.12 bits per heavy atom. The van der Waals surface area contributed by atoms with Gasteiger partial charge in [0.05, 0.1) is 19.0 Å². The van der Waals surface area contributed by atoms with Crippen LogP contribution in [0.1, 0.15) is 21.6 Å². The van der Waals surface area contributed by atoms with E-state index in [-0.39, 0.29) is 12.3 Å². The van der Waals surface area contributed by atoms with Crippen molar-refractivity contribution < 1.29 is 14.3 Å². The van der Waals surface area contributed by atoms with E-state index < -0.39 is 5.97 Å². The number of aryl methyl sites for hydroxylation is 1. The molecule has 0 unspecified atom stereocenters. The summed E-state index contributed by atoms with van der Waals surface area (Å²) in [4.78, 5) is 12.3. The number of carbonyl (C=O) groups excluding carboxylic acids is 1. The highest BCUT2D eigenvalue weighted by Gasteiger charge is 2.20. The second-order valence-corrected chi connectivity index (χ2v) is 5.39. The van der Waals surface area contributed by atoms with Crippen molar-refractivity contribution in [2.24, 2.45) is 0 Å². The predicted octanol–water partition coefficient (Wildman–Crippen LogP) is 3.55. The van der Waals surface area contributed by atoms with Gasteiger partial charge in [-0.05, 0) is 24.6 Å². The van der Waals surface area contributed by atoms with Crippen molar-refractivity contribution >= 4 is 5.97 Å². The zero-order chi connectivity index (χ0) is 16.9. The number of ether oxygens (including phenoxy) is 2. The quantitative estimate of drug-likeness (QED) is 0.674. The Morgan fingerprint density at radius 2 is 1.92 bits per heavy atom. The van der Waals surface area contributed by atoms with Gasteiger partial charge in [0.15, 0.2) is 5.75 Å². The van der Waals surface area contributed by atoms with Crippen molar-refractivity contribution in [3.05, 3.63) is 77.6 Å². The van der Waals surface area contributed by atoms with E-state index >= 15 is 0 Å². The standard InChI is InChI=1S/C19H18N2O3/c1-14-7-6-8-15(11-14)13-24-19(22)18-17(23-2)12-21(20-18)16-9-4-3-5-10-16/h3-12H,13H2,1-2H3. The van der Waals surface area contributed by atoms with Gasteiger partial charge in [-0.15, -0.1) is 0 Å². The fourth-order valence-corrected chi connectivity index (χ4v) is 2.38. The molecule has 0 amide bonds. The van der Waals surface area contributed by atoms with Crippen LogP contribution in [0, 0.1) is 6.92 Å². The summed E-state index contributed by atoms with van der Waals surface area (Å²) in [7, 11) is 1.50. The third-order valence-electron chi connectivity index (χ3n) is 3.57. The topological polar surface area (TPSA) is 53.4 Å². The van der Waals surface area contributed by atoms with Crippen molar-refractivity contribution in [1.29, 1.82) is 0 Å². The van der Waals surface area contributed by atoms with Crippen LogP contribution in [-0.4, -0.2) is 22.9 Å². The van der Waals surface area contributed by atoms with E-state index in [2.05, 4.69) is 5.10 Å². The molecular weight excluding hydrogens is 304 g/mol. The molecule has 0 saturated carbocycles. The molecule has 1 heterocycles. The Kier molecular flexibility index (Phi) is 4.61. The van der Waals surface area contributed by atoms with Crippen LogP contribution in [-0.2, 0) is 11.3 Å². The lowest BCUT2D eigenvalue weighted by Crippen LogP contribution is -2.08. The Balaban J connectivity index is 1.78. The lowest BCUT2D eigenvalue weighted by atomic mass is 10.1. The van der Waals surface area contributed by atoms with Crippen LogP contribution in [0.2, 0.25) is 0 Å². The van der Waals surface area contributed by atoms with Gasteiger partial charge in [0.1, 0.15) is 6.61 Å². The molecule has 0 atom stereocenters. The molecule has 0 radical (unpaired) electrons. The zero-order valence-electron chi connectivity index (χ0n) is 13.6. The maximum Gasteiger partial charge on any atom is 0.363 e. The van der Waals surface area contributed by atoms with Gasteiger partial charge in [0.25, 0.3) is 0 Å². The SMILES string of the molecule is COc1cn(-c2ccccc2)nc1C(=O)OCc1cccc(C)c1. The molecule has 24 heavy (non-hydrogen) atoms. The summed E-state index contributed by atoms with van der Waals surface area (Å²) in [6, 6.07) is 17.3. The second kappa shape index (κ2) is 7.00. The summed E-state index contributed by atoms with van der Waals surface area (Å²) in [5.74, 6) is -0.129. The molecule has 0 saturated heterocycles. The van der Waals surface area contributed by atoms with E-state index in [1.165, 1.54) is 7.11 Å². The van der Waals surface area contributed by atoms with Gasteiger partial charge in [-0.25, -0.2) is 9.48 Å². The van der Waals surface area contributed by atoms with E-state index in [0.29, 0.717) is 5.75 Å². The molecule has 0 N–H and O–H groups in total. The maximum absolute atomic E-state index is 12.3. The third-order valence-corrected chi connectivity index (χ3v) is 3.57. The number of carbonyl (C=O) groups is 1. The van der Waals surface area contributed by atoms with Gasteiger partial charge in [-0.3, -0.25) is 0 Å². The minimum Gasteiger partial charge on any atom is -0.493 e. The van der Waals surface area contributed by atoms with Crippen molar-refractivity contribution in [1.82, 2.24) is 9.78 Å². The monoisotopic (exact) mass is 322 g/mol. The lowest BCUT2D eigenvalue weighted by molar-refractivity contribution is 0.0461. The number of hydrogen-bond donors (Lipinski definition) is 0. The molecule has 0 aliphatic carbocycles. The molecule has 0 aliphatic heterocycles. The molecule has 1 aromatic heterocycles. The van der Waals surface area contributed by atoms with Crippen LogP contribution in [0.5, 0.6) is 5.75 Å². The van der Waals surface area contributed by atoms with Gasteiger partial charge < -0.3 is 9.47 Å². The van der Waals surface area contributed by atoms with E-state index in [1.807, 2.05) is 61.5 Å². The van der Waals surface area contributed by atoms with Crippen LogP contribution in [0.25, 0.3) is 5.69 Å². The molecule has 5 heteroatoms. The molecule has 122 valence electrons. The maximum atomic E-state index is 12.3. The molecule has 3 aromatic rings. The highest BCUT2D eigenvalue weighted by atomic mass is 16.5. The van der Waals surface area contributed by atoms with Gasteiger partial charge in [-0.2, -0.15) is 5.10 Å². The van der Waals surface area contributed by atoms with Crippen molar-refractivity contribution in [3.63, 3.8) is 0 Å². The minimum absolute atomic E-state index is 0.161. The first-order chi connectivity index (χ1) is 11.7. The number of esters is 1. The highest BCUT2D eigenvalue weighted by molar-refractivity contribution is 5.90. The largest absolute Gasteiger partial charge is 0.493 e. The van der Waals surface area contributed by atoms with E-state index in [9.17, 15) is 4.79 Å².